The maximum absolute atomic E-state index is 8.89. The number of hydrogen-bond acceptors (Lipinski definition) is 1. The van der Waals surface area contributed by atoms with Crippen LogP contribution in [0.2, 0.25) is 5.02 Å². The van der Waals surface area contributed by atoms with Crippen molar-refractivity contribution < 1.29 is 5.11 Å². The van der Waals surface area contributed by atoms with Crippen LogP contribution in [-0.4, -0.2) is 11.7 Å². The first-order valence-corrected chi connectivity index (χ1v) is 4.56. The molecule has 1 aliphatic rings. The summed E-state index contributed by atoms with van der Waals surface area (Å²) < 4.78 is 0. The minimum absolute atomic E-state index is 0.288. The molecule has 2 rings (SSSR count). The molecule has 1 N–H and O–H groups in total. The molecule has 64 valence electrons. The average Bonchev–Trinajstić information content (AvgIpc) is 2.84. The molecule has 1 aliphatic carbocycles. The first-order chi connectivity index (χ1) is 5.83. The zero-order chi connectivity index (χ0) is 8.55. The number of rotatable bonds is 2. The van der Waals surface area contributed by atoms with Gasteiger partial charge in [0.25, 0.3) is 0 Å². The van der Waals surface area contributed by atoms with Gasteiger partial charge in [0.2, 0.25) is 0 Å². The summed E-state index contributed by atoms with van der Waals surface area (Å²) in [6.07, 6.45) is 1.08. The number of aliphatic hydroxyl groups excluding tert-OH is 1. The summed E-state index contributed by atoms with van der Waals surface area (Å²) in [5.41, 5.74) is 1.19. The predicted molar refractivity (Wildman–Crippen MR) is 49.4 cm³/mol. The van der Waals surface area contributed by atoms with Gasteiger partial charge in [-0.15, -0.1) is 0 Å². The Kier molecular flexibility index (Phi) is 2.07. The van der Waals surface area contributed by atoms with Crippen molar-refractivity contribution in [1.29, 1.82) is 0 Å². The quantitative estimate of drug-likeness (QED) is 0.745. The van der Waals surface area contributed by atoms with E-state index in [2.05, 4.69) is 0 Å². The van der Waals surface area contributed by atoms with Crippen LogP contribution < -0.4 is 0 Å². The van der Waals surface area contributed by atoms with Crippen molar-refractivity contribution in [2.75, 3.05) is 6.61 Å². The minimum Gasteiger partial charge on any atom is -0.396 e. The summed E-state index contributed by atoms with van der Waals surface area (Å²) in [6, 6.07) is 7.88. The SMILES string of the molecule is OCC1CC1c1ccccc1Cl. The van der Waals surface area contributed by atoms with E-state index >= 15 is 0 Å². The van der Waals surface area contributed by atoms with E-state index < -0.39 is 0 Å². The van der Waals surface area contributed by atoms with Crippen molar-refractivity contribution in [3.05, 3.63) is 34.9 Å². The third-order valence-electron chi connectivity index (χ3n) is 2.46. The van der Waals surface area contributed by atoms with Crippen molar-refractivity contribution in [2.24, 2.45) is 5.92 Å². The Morgan fingerprint density at radius 1 is 1.42 bits per heavy atom. The zero-order valence-corrected chi connectivity index (χ0v) is 7.46. The molecule has 1 aromatic rings. The first kappa shape index (κ1) is 8.09. The third kappa shape index (κ3) is 1.35. The Hall–Kier alpha value is -0.530. The highest BCUT2D eigenvalue weighted by Crippen LogP contribution is 2.48. The molecule has 0 spiro atoms. The third-order valence-corrected chi connectivity index (χ3v) is 2.81. The van der Waals surface area contributed by atoms with Crippen LogP contribution in [0.5, 0.6) is 0 Å². The van der Waals surface area contributed by atoms with Crippen LogP contribution >= 0.6 is 11.6 Å². The summed E-state index contributed by atoms with van der Waals surface area (Å²) >= 11 is 6.00. The molecule has 1 saturated carbocycles. The molecule has 2 heteroatoms. The molecule has 0 heterocycles. The van der Waals surface area contributed by atoms with Crippen molar-refractivity contribution in [3.63, 3.8) is 0 Å². The van der Waals surface area contributed by atoms with Crippen molar-refractivity contribution in [2.45, 2.75) is 12.3 Å². The fourth-order valence-corrected chi connectivity index (χ4v) is 1.88. The van der Waals surface area contributed by atoms with Crippen LogP contribution in [0.3, 0.4) is 0 Å². The highest BCUT2D eigenvalue weighted by atomic mass is 35.5. The lowest BCUT2D eigenvalue weighted by Crippen LogP contribution is -1.88. The lowest BCUT2D eigenvalue weighted by atomic mass is 10.1. The maximum atomic E-state index is 8.89. The van der Waals surface area contributed by atoms with E-state index in [0.29, 0.717) is 11.8 Å². The summed E-state index contributed by atoms with van der Waals surface area (Å²) in [6.45, 7) is 0.288. The van der Waals surface area contributed by atoms with Gasteiger partial charge in [-0.2, -0.15) is 0 Å². The summed E-state index contributed by atoms with van der Waals surface area (Å²) in [4.78, 5) is 0. The van der Waals surface area contributed by atoms with E-state index in [1.165, 1.54) is 5.56 Å². The van der Waals surface area contributed by atoms with Gasteiger partial charge >= 0.3 is 0 Å². The molecular formula is C10H11ClO. The number of halogens is 1. The van der Waals surface area contributed by atoms with E-state index in [-0.39, 0.29) is 6.61 Å². The van der Waals surface area contributed by atoms with Gasteiger partial charge in [-0.25, -0.2) is 0 Å². The van der Waals surface area contributed by atoms with E-state index in [1.54, 1.807) is 0 Å². The molecule has 12 heavy (non-hydrogen) atoms. The minimum atomic E-state index is 0.288. The number of aliphatic hydroxyl groups is 1. The summed E-state index contributed by atoms with van der Waals surface area (Å²) in [5, 5.41) is 9.72. The molecule has 1 aromatic carbocycles. The second-order valence-corrected chi connectivity index (χ2v) is 3.71. The van der Waals surface area contributed by atoms with E-state index in [9.17, 15) is 0 Å². The van der Waals surface area contributed by atoms with Crippen LogP contribution in [0.15, 0.2) is 24.3 Å². The Bertz CT molecular complexity index is 285. The van der Waals surface area contributed by atoms with E-state index in [0.717, 1.165) is 11.4 Å². The normalized spacial score (nSPS) is 27.2. The van der Waals surface area contributed by atoms with Gasteiger partial charge in [-0.05, 0) is 29.9 Å². The average molecular weight is 183 g/mol. The fraction of sp³-hybridized carbons (Fsp3) is 0.400. The molecule has 1 nitrogen and oxygen atoms in total. The van der Waals surface area contributed by atoms with Crippen LogP contribution in [-0.2, 0) is 0 Å². The van der Waals surface area contributed by atoms with Crippen molar-refractivity contribution in [3.8, 4) is 0 Å². The monoisotopic (exact) mass is 182 g/mol. The first-order valence-electron chi connectivity index (χ1n) is 4.18. The van der Waals surface area contributed by atoms with Gasteiger partial charge in [-0.1, -0.05) is 29.8 Å². The van der Waals surface area contributed by atoms with Gasteiger partial charge in [0, 0.05) is 11.6 Å². The van der Waals surface area contributed by atoms with Crippen LogP contribution in [0.1, 0.15) is 17.9 Å². The second kappa shape index (κ2) is 3.08. The molecule has 0 saturated heterocycles. The number of hydrogen-bond donors (Lipinski definition) is 1. The second-order valence-electron chi connectivity index (χ2n) is 3.31. The standard InChI is InChI=1S/C10H11ClO/c11-10-4-2-1-3-8(10)9-5-7(9)6-12/h1-4,7,9,12H,5-6H2. The molecule has 2 unspecified atom stereocenters. The molecular weight excluding hydrogens is 172 g/mol. The largest absolute Gasteiger partial charge is 0.396 e. The van der Waals surface area contributed by atoms with E-state index in [1.807, 2.05) is 24.3 Å². The summed E-state index contributed by atoms with van der Waals surface area (Å²) in [7, 11) is 0. The Balaban J connectivity index is 2.19. The molecule has 0 radical (unpaired) electrons. The lowest BCUT2D eigenvalue weighted by Gasteiger charge is -2.00. The molecule has 0 amide bonds. The Morgan fingerprint density at radius 3 is 2.75 bits per heavy atom. The van der Waals surface area contributed by atoms with Gasteiger partial charge in [0.1, 0.15) is 0 Å². The molecule has 1 fully saturated rings. The van der Waals surface area contributed by atoms with Gasteiger partial charge in [0.15, 0.2) is 0 Å². The topological polar surface area (TPSA) is 20.2 Å². The Labute approximate surface area is 77.0 Å². The maximum Gasteiger partial charge on any atom is 0.0465 e. The smallest absolute Gasteiger partial charge is 0.0465 e. The van der Waals surface area contributed by atoms with Crippen molar-refractivity contribution >= 4 is 11.6 Å². The van der Waals surface area contributed by atoms with Gasteiger partial charge < -0.3 is 5.11 Å². The molecule has 0 aromatic heterocycles. The fourth-order valence-electron chi connectivity index (χ4n) is 1.61. The zero-order valence-electron chi connectivity index (χ0n) is 6.70. The van der Waals surface area contributed by atoms with Gasteiger partial charge in [0.05, 0.1) is 0 Å². The predicted octanol–water partition coefficient (Wildman–Crippen LogP) is 2.44. The highest BCUT2D eigenvalue weighted by molar-refractivity contribution is 6.31. The van der Waals surface area contributed by atoms with E-state index in [4.69, 9.17) is 16.7 Å². The van der Waals surface area contributed by atoms with Crippen LogP contribution in [0, 0.1) is 5.92 Å². The molecule has 2 atom stereocenters. The lowest BCUT2D eigenvalue weighted by molar-refractivity contribution is 0.274. The van der Waals surface area contributed by atoms with Crippen molar-refractivity contribution in [1.82, 2.24) is 0 Å². The molecule has 0 bridgehead atoms. The van der Waals surface area contributed by atoms with Crippen LogP contribution in [0.4, 0.5) is 0 Å². The Morgan fingerprint density at radius 2 is 2.17 bits per heavy atom. The summed E-state index contributed by atoms with van der Waals surface area (Å²) in [5.74, 6) is 0.952. The van der Waals surface area contributed by atoms with Gasteiger partial charge in [-0.3, -0.25) is 0 Å². The molecule has 0 aliphatic heterocycles. The number of benzene rings is 1. The van der Waals surface area contributed by atoms with Crippen LogP contribution in [0.25, 0.3) is 0 Å². The highest BCUT2D eigenvalue weighted by Gasteiger charge is 2.38.